The maximum Gasteiger partial charge on any atom is 0.329 e. The van der Waals surface area contributed by atoms with Crippen LogP contribution in [0.3, 0.4) is 0 Å². The van der Waals surface area contributed by atoms with Gasteiger partial charge in [-0.1, -0.05) is 30.3 Å². The Hall–Kier alpha value is -2.94. The molecule has 0 bridgehead atoms. The van der Waals surface area contributed by atoms with Gasteiger partial charge in [0, 0.05) is 7.11 Å². The minimum atomic E-state index is -1.46. The van der Waals surface area contributed by atoms with Crippen LogP contribution < -0.4 is 5.32 Å². The van der Waals surface area contributed by atoms with Crippen molar-refractivity contribution in [3.8, 4) is 0 Å². The number of methoxy groups -OCH3 is 4. The Kier molecular flexibility index (Phi) is 8.94. The van der Waals surface area contributed by atoms with Gasteiger partial charge in [0.15, 0.2) is 6.10 Å². The van der Waals surface area contributed by atoms with E-state index < -0.39 is 48.3 Å². The number of hydrogen-bond donors (Lipinski definition) is 1. The Morgan fingerprint density at radius 1 is 0.889 bits per heavy atom. The summed E-state index contributed by atoms with van der Waals surface area (Å²) in [6.45, 7) is 0. The van der Waals surface area contributed by atoms with Crippen LogP contribution in [-0.4, -0.2) is 58.3 Å². The van der Waals surface area contributed by atoms with Gasteiger partial charge in [-0.05, 0) is 5.56 Å². The predicted molar refractivity (Wildman–Crippen MR) is 92.3 cm³/mol. The van der Waals surface area contributed by atoms with Gasteiger partial charge in [-0.3, -0.25) is 14.4 Å². The smallest absolute Gasteiger partial charge is 0.329 e. The molecule has 1 rings (SSSR count). The predicted octanol–water partition coefficient (Wildman–Crippen LogP) is 0.384. The van der Waals surface area contributed by atoms with Crippen LogP contribution in [0.5, 0.6) is 0 Å². The van der Waals surface area contributed by atoms with Gasteiger partial charge >= 0.3 is 17.9 Å². The highest BCUT2D eigenvalue weighted by atomic mass is 16.5. The summed E-state index contributed by atoms with van der Waals surface area (Å²) in [5.41, 5.74) is 0.545. The van der Waals surface area contributed by atoms with E-state index in [4.69, 9.17) is 4.74 Å². The maximum atomic E-state index is 12.7. The molecule has 148 valence electrons. The van der Waals surface area contributed by atoms with Crippen molar-refractivity contribution in [1.82, 2.24) is 5.32 Å². The number of esters is 3. The average Bonchev–Trinajstić information content (AvgIpc) is 2.70. The Balaban J connectivity index is 3.13. The Morgan fingerprint density at radius 2 is 1.48 bits per heavy atom. The molecule has 0 aliphatic rings. The molecular weight excluding hydrogens is 358 g/mol. The third-order valence-electron chi connectivity index (χ3n) is 3.85. The highest BCUT2D eigenvalue weighted by molar-refractivity contribution is 5.92. The van der Waals surface area contributed by atoms with Gasteiger partial charge in [0.25, 0.3) is 5.91 Å². The zero-order valence-corrected chi connectivity index (χ0v) is 15.6. The summed E-state index contributed by atoms with van der Waals surface area (Å²) in [5, 5.41) is 2.41. The number of ether oxygens (including phenoxy) is 4. The standard InChI is InChI=1S/C18H23NO8/c1-24-13(20)10-12(17(22)26-3)14(18(23)27-4)19-16(21)15(25-2)11-8-6-5-7-9-11/h5-9,12,14-15H,10H2,1-4H3,(H,19,21)/t12-,14+,15+/m0/s1. The number of amides is 1. The first-order valence-corrected chi connectivity index (χ1v) is 8.00. The molecule has 0 saturated carbocycles. The van der Waals surface area contributed by atoms with E-state index in [-0.39, 0.29) is 0 Å². The number of carbonyl (C=O) groups is 4. The van der Waals surface area contributed by atoms with E-state index in [0.717, 1.165) is 21.3 Å². The van der Waals surface area contributed by atoms with Crippen molar-refractivity contribution in [2.75, 3.05) is 28.4 Å². The summed E-state index contributed by atoms with van der Waals surface area (Å²) in [6, 6.07) is 7.10. The quantitative estimate of drug-likeness (QED) is 0.482. The van der Waals surface area contributed by atoms with E-state index in [1.54, 1.807) is 30.3 Å². The van der Waals surface area contributed by atoms with E-state index in [1.165, 1.54) is 7.11 Å². The number of carbonyl (C=O) groups excluding carboxylic acids is 4. The van der Waals surface area contributed by atoms with Crippen LogP contribution in [0, 0.1) is 5.92 Å². The van der Waals surface area contributed by atoms with Crippen molar-refractivity contribution in [3.05, 3.63) is 35.9 Å². The van der Waals surface area contributed by atoms with Crippen LogP contribution in [0.2, 0.25) is 0 Å². The Bertz CT molecular complexity index is 661. The molecule has 1 N–H and O–H groups in total. The molecule has 3 atom stereocenters. The van der Waals surface area contributed by atoms with Crippen molar-refractivity contribution < 1.29 is 38.1 Å². The van der Waals surface area contributed by atoms with Gasteiger partial charge < -0.3 is 24.3 Å². The van der Waals surface area contributed by atoms with Gasteiger partial charge in [0.1, 0.15) is 6.04 Å². The minimum absolute atomic E-state index is 0.480. The molecule has 9 nitrogen and oxygen atoms in total. The molecule has 0 heterocycles. The number of benzene rings is 1. The summed E-state index contributed by atoms with van der Waals surface area (Å²) in [5.74, 6) is -4.54. The number of hydrogen-bond acceptors (Lipinski definition) is 8. The van der Waals surface area contributed by atoms with E-state index in [2.05, 4.69) is 19.5 Å². The highest BCUT2D eigenvalue weighted by Crippen LogP contribution is 2.19. The Morgan fingerprint density at radius 3 is 1.96 bits per heavy atom. The molecule has 27 heavy (non-hydrogen) atoms. The molecule has 0 unspecified atom stereocenters. The number of rotatable bonds is 9. The van der Waals surface area contributed by atoms with Crippen molar-refractivity contribution >= 4 is 23.8 Å². The summed E-state index contributed by atoms with van der Waals surface area (Å²) in [4.78, 5) is 48.6. The van der Waals surface area contributed by atoms with Crippen molar-refractivity contribution in [1.29, 1.82) is 0 Å². The van der Waals surface area contributed by atoms with Gasteiger partial charge in [-0.25, -0.2) is 4.79 Å². The SMILES string of the molecule is COC(=O)C[C@H](C(=O)OC)[C@@H](NC(=O)[C@H](OC)c1ccccc1)C(=O)OC. The molecule has 1 aromatic carbocycles. The molecular formula is C18H23NO8. The molecule has 9 heteroatoms. The van der Waals surface area contributed by atoms with Gasteiger partial charge in [0.05, 0.1) is 33.7 Å². The zero-order chi connectivity index (χ0) is 20.4. The monoisotopic (exact) mass is 381 g/mol. The summed E-state index contributed by atoms with van der Waals surface area (Å²) in [6.07, 6.45) is -1.51. The van der Waals surface area contributed by atoms with Crippen LogP contribution in [-0.2, 0) is 38.1 Å². The first kappa shape index (κ1) is 22.1. The summed E-state index contributed by atoms with van der Waals surface area (Å²) >= 11 is 0. The Labute approximate surface area is 156 Å². The molecule has 0 aromatic heterocycles. The zero-order valence-electron chi connectivity index (χ0n) is 15.6. The second kappa shape index (κ2) is 10.9. The first-order valence-electron chi connectivity index (χ1n) is 8.00. The summed E-state index contributed by atoms with van der Waals surface area (Å²) < 4.78 is 19.1. The van der Waals surface area contributed by atoms with Gasteiger partial charge in [-0.2, -0.15) is 0 Å². The first-order chi connectivity index (χ1) is 12.9. The van der Waals surface area contributed by atoms with Crippen LogP contribution in [0.4, 0.5) is 0 Å². The normalized spacial score (nSPS) is 13.6. The minimum Gasteiger partial charge on any atom is -0.469 e. The fourth-order valence-electron chi connectivity index (χ4n) is 2.45. The van der Waals surface area contributed by atoms with E-state index in [0.29, 0.717) is 5.56 Å². The third kappa shape index (κ3) is 6.07. The number of nitrogens with one attached hydrogen (secondary N) is 1. The van der Waals surface area contributed by atoms with Crippen LogP contribution in [0.25, 0.3) is 0 Å². The largest absolute Gasteiger partial charge is 0.469 e. The van der Waals surface area contributed by atoms with Crippen LogP contribution in [0.1, 0.15) is 18.1 Å². The van der Waals surface area contributed by atoms with E-state index in [9.17, 15) is 19.2 Å². The van der Waals surface area contributed by atoms with E-state index >= 15 is 0 Å². The molecule has 0 radical (unpaired) electrons. The molecule has 1 aromatic rings. The lowest BCUT2D eigenvalue weighted by Gasteiger charge is -2.25. The van der Waals surface area contributed by atoms with Crippen molar-refractivity contribution in [2.24, 2.45) is 5.92 Å². The van der Waals surface area contributed by atoms with Gasteiger partial charge in [0.2, 0.25) is 0 Å². The second-order valence-electron chi connectivity index (χ2n) is 5.45. The molecule has 0 aliphatic carbocycles. The maximum absolute atomic E-state index is 12.7. The second-order valence-corrected chi connectivity index (χ2v) is 5.45. The summed E-state index contributed by atoms with van der Waals surface area (Å²) in [7, 11) is 4.67. The van der Waals surface area contributed by atoms with E-state index in [1.807, 2.05) is 0 Å². The van der Waals surface area contributed by atoms with Crippen LogP contribution in [0.15, 0.2) is 30.3 Å². The van der Waals surface area contributed by atoms with Crippen molar-refractivity contribution in [3.63, 3.8) is 0 Å². The lowest BCUT2D eigenvalue weighted by Crippen LogP contribution is -2.51. The fourth-order valence-corrected chi connectivity index (χ4v) is 2.45. The molecule has 0 fully saturated rings. The van der Waals surface area contributed by atoms with Gasteiger partial charge in [-0.15, -0.1) is 0 Å². The van der Waals surface area contributed by atoms with Crippen molar-refractivity contribution in [2.45, 2.75) is 18.6 Å². The average molecular weight is 381 g/mol. The molecule has 0 saturated heterocycles. The third-order valence-corrected chi connectivity index (χ3v) is 3.85. The fraction of sp³-hybridized carbons (Fsp3) is 0.444. The molecule has 0 aliphatic heterocycles. The molecule has 1 amide bonds. The molecule has 0 spiro atoms. The highest BCUT2D eigenvalue weighted by Gasteiger charge is 2.39. The van der Waals surface area contributed by atoms with Crippen LogP contribution >= 0.6 is 0 Å². The lowest BCUT2D eigenvalue weighted by atomic mass is 9.95. The topological polar surface area (TPSA) is 117 Å². The lowest BCUT2D eigenvalue weighted by molar-refractivity contribution is -0.160.